The summed E-state index contributed by atoms with van der Waals surface area (Å²) in [7, 11) is 8.21. The first-order chi connectivity index (χ1) is 10.5. The van der Waals surface area contributed by atoms with Crippen molar-refractivity contribution in [3.63, 3.8) is 0 Å². The van der Waals surface area contributed by atoms with Crippen molar-refractivity contribution in [1.29, 1.82) is 5.26 Å². The SMILES string of the molecule is CN(C)c1ccc2c(C#N)c3ccc(=[N+](C)C)cc-3[te]c2c1. The number of nitriles is 1. The summed E-state index contributed by atoms with van der Waals surface area (Å²) < 4.78 is 4.83. The number of hydrogen-bond donors (Lipinski definition) is 0. The van der Waals surface area contributed by atoms with E-state index in [0.29, 0.717) is 0 Å². The second-order valence-electron chi connectivity index (χ2n) is 5.74. The molecule has 0 fully saturated rings. The molecule has 0 bridgehead atoms. The Kier molecular flexibility index (Phi) is 3.96. The van der Waals surface area contributed by atoms with Crippen molar-refractivity contribution >= 4 is 34.9 Å². The molecule has 2 aliphatic rings. The summed E-state index contributed by atoms with van der Waals surface area (Å²) in [5, 5.41) is 12.0. The molecular formula is C18H18N3Te+. The molecule has 22 heavy (non-hydrogen) atoms. The summed E-state index contributed by atoms with van der Waals surface area (Å²) in [4.78, 5) is 2.12. The first-order valence-electron chi connectivity index (χ1n) is 7.09. The molecule has 0 saturated heterocycles. The Morgan fingerprint density at radius 1 is 1.09 bits per heavy atom. The Hall–Kier alpha value is -1.81. The van der Waals surface area contributed by atoms with Crippen LogP contribution in [0.15, 0.2) is 36.4 Å². The fourth-order valence-corrected chi connectivity index (χ4v) is 5.84. The first kappa shape index (κ1) is 15.1. The van der Waals surface area contributed by atoms with Gasteiger partial charge >= 0.3 is 140 Å². The maximum absolute atomic E-state index is 9.65. The molecule has 0 unspecified atom stereocenters. The van der Waals surface area contributed by atoms with Gasteiger partial charge in [0.1, 0.15) is 0 Å². The molecule has 110 valence electrons. The molecule has 1 aliphatic carbocycles. The van der Waals surface area contributed by atoms with Gasteiger partial charge in [-0.1, -0.05) is 0 Å². The van der Waals surface area contributed by atoms with Gasteiger partial charge in [0, 0.05) is 0 Å². The predicted molar refractivity (Wildman–Crippen MR) is 93.7 cm³/mol. The third-order valence-electron chi connectivity index (χ3n) is 3.83. The Labute approximate surface area is 140 Å². The molecule has 1 heterocycles. The molecule has 0 spiro atoms. The fraction of sp³-hybridized carbons (Fsp3) is 0.222. The van der Waals surface area contributed by atoms with E-state index < -0.39 is 20.4 Å². The topological polar surface area (TPSA) is 30.0 Å². The molecule has 3 rings (SSSR count). The molecular weight excluding hydrogens is 386 g/mol. The maximum atomic E-state index is 9.65. The van der Waals surface area contributed by atoms with Crippen molar-refractivity contribution < 1.29 is 0 Å². The van der Waals surface area contributed by atoms with E-state index in [1.54, 1.807) is 0 Å². The van der Waals surface area contributed by atoms with Gasteiger partial charge in [0.05, 0.1) is 0 Å². The van der Waals surface area contributed by atoms with Gasteiger partial charge in [-0.05, 0) is 0 Å². The van der Waals surface area contributed by atoms with Gasteiger partial charge in [-0.2, -0.15) is 0 Å². The predicted octanol–water partition coefficient (Wildman–Crippen LogP) is 1.97. The summed E-state index contributed by atoms with van der Waals surface area (Å²) in [5.74, 6) is 0. The molecule has 1 aromatic carbocycles. The van der Waals surface area contributed by atoms with Crippen molar-refractivity contribution in [2.45, 2.75) is 0 Å². The second kappa shape index (κ2) is 5.76. The fourth-order valence-electron chi connectivity index (χ4n) is 2.54. The van der Waals surface area contributed by atoms with E-state index in [2.05, 4.69) is 80.1 Å². The van der Waals surface area contributed by atoms with Gasteiger partial charge in [0.2, 0.25) is 0 Å². The van der Waals surface area contributed by atoms with Crippen LogP contribution in [0.25, 0.3) is 17.9 Å². The van der Waals surface area contributed by atoms with Crippen LogP contribution in [-0.2, 0) is 0 Å². The monoisotopic (exact) mass is 406 g/mol. The second-order valence-corrected chi connectivity index (χ2v) is 8.83. The Balaban J connectivity index is 2.45. The van der Waals surface area contributed by atoms with Crippen LogP contribution in [0, 0.1) is 11.3 Å². The Morgan fingerprint density at radius 2 is 1.86 bits per heavy atom. The van der Waals surface area contributed by atoms with Crippen LogP contribution in [0.4, 0.5) is 5.69 Å². The summed E-state index contributed by atoms with van der Waals surface area (Å²) in [5.41, 5.74) is 3.14. The number of nitrogens with zero attached hydrogens (tertiary/aromatic N) is 3. The van der Waals surface area contributed by atoms with Crippen LogP contribution < -0.4 is 14.8 Å². The molecule has 0 aromatic heterocycles. The first-order valence-corrected chi connectivity index (χ1v) is 9.42. The zero-order chi connectivity index (χ0) is 15.9. The van der Waals surface area contributed by atoms with Gasteiger partial charge in [-0.25, -0.2) is 0 Å². The van der Waals surface area contributed by atoms with E-state index in [1.165, 1.54) is 18.0 Å². The van der Waals surface area contributed by atoms with Gasteiger partial charge in [-0.3, -0.25) is 0 Å². The quantitative estimate of drug-likeness (QED) is 0.353. The molecule has 0 saturated carbocycles. The van der Waals surface area contributed by atoms with Crippen LogP contribution >= 0.6 is 0 Å². The Bertz CT molecular complexity index is 941. The van der Waals surface area contributed by atoms with E-state index in [-0.39, 0.29) is 0 Å². The molecule has 3 nitrogen and oxygen atoms in total. The van der Waals surface area contributed by atoms with Crippen LogP contribution in [0.3, 0.4) is 0 Å². The normalized spacial score (nSPS) is 10.7. The average molecular weight is 404 g/mol. The van der Waals surface area contributed by atoms with Crippen LogP contribution in [0.2, 0.25) is 0 Å². The third-order valence-corrected chi connectivity index (χ3v) is 7.02. The molecule has 0 N–H and O–H groups in total. The van der Waals surface area contributed by atoms with Crippen molar-refractivity contribution in [3.05, 3.63) is 47.3 Å². The zero-order valence-electron chi connectivity index (χ0n) is 13.2. The van der Waals surface area contributed by atoms with Gasteiger partial charge in [0.25, 0.3) is 0 Å². The number of rotatable bonds is 1. The third kappa shape index (κ3) is 2.52. The number of anilines is 1. The van der Waals surface area contributed by atoms with Crippen molar-refractivity contribution in [2.24, 2.45) is 0 Å². The summed E-state index contributed by atoms with van der Waals surface area (Å²) in [6, 6.07) is 15.3. The van der Waals surface area contributed by atoms with E-state index >= 15 is 0 Å². The Morgan fingerprint density at radius 3 is 2.50 bits per heavy atom. The minimum absolute atomic E-state index is 0.476. The zero-order valence-corrected chi connectivity index (χ0v) is 15.5. The molecule has 1 aliphatic heterocycles. The van der Waals surface area contributed by atoms with E-state index in [0.717, 1.165) is 16.5 Å². The molecule has 0 amide bonds. The standard InChI is InChI=1S/C18H18N3Te/c1-20(2)12-5-7-14-16(11-19)15-8-6-13(21(3)4)10-18(15)22-17(14)9-12/h5-10H,1-4H3/q+1. The van der Waals surface area contributed by atoms with Crippen LogP contribution in [-0.4, -0.2) is 48.6 Å². The van der Waals surface area contributed by atoms with Gasteiger partial charge in [-0.15, -0.1) is 0 Å². The number of fused-ring (bicyclic) bond motifs is 2. The number of hydrogen-bond acceptors (Lipinski definition) is 2. The van der Waals surface area contributed by atoms with Crippen molar-refractivity contribution in [1.82, 2.24) is 4.58 Å². The van der Waals surface area contributed by atoms with Crippen molar-refractivity contribution in [3.8, 4) is 15.2 Å². The van der Waals surface area contributed by atoms with Gasteiger partial charge < -0.3 is 0 Å². The summed E-state index contributed by atoms with van der Waals surface area (Å²) in [6.45, 7) is 0. The summed E-state index contributed by atoms with van der Waals surface area (Å²) >= 11 is -0.476. The summed E-state index contributed by atoms with van der Waals surface area (Å²) in [6.07, 6.45) is 0. The van der Waals surface area contributed by atoms with Crippen LogP contribution in [0.1, 0.15) is 5.56 Å². The number of benzene rings is 2. The average Bonchev–Trinajstić information content (AvgIpc) is 2.51. The molecule has 0 atom stereocenters. The van der Waals surface area contributed by atoms with E-state index in [9.17, 15) is 5.26 Å². The van der Waals surface area contributed by atoms with Crippen molar-refractivity contribution in [2.75, 3.05) is 33.1 Å². The molecule has 4 heteroatoms. The van der Waals surface area contributed by atoms with E-state index in [4.69, 9.17) is 0 Å². The minimum atomic E-state index is -0.476. The van der Waals surface area contributed by atoms with E-state index in [1.807, 2.05) is 0 Å². The van der Waals surface area contributed by atoms with Crippen LogP contribution in [0.5, 0.6) is 0 Å². The molecule has 1 aromatic rings. The molecule has 0 radical (unpaired) electrons. The van der Waals surface area contributed by atoms with Gasteiger partial charge in [0.15, 0.2) is 0 Å².